The van der Waals surface area contributed by atoms with E-state index in [0.717, 1.165) is 11.1 Å². The van der Waals surface area contributed by atoms with Gasteiger partial charge >= 0.3 is 0 Å². The summed E-state index contributed by atoms with van der Waals surface area (Å²) < 4.78 is 6.20. The van der Waals surface area contributed by atoms with Gasteiger partial charge in [-0.25, -0.2) is 0 Å². The highest BCUT2D eigenvalue weighted by molar-refractivity contribution is 5.86. The van der Waals surface area contributed by atoms with E-state index in [1.54, 1.807) is 0 Å². The van der Waals surface area contributed by atoms with Gasteiger partial charge in [0, 0.05) is 11.0 Å². The molecule has 1 aliphatic rings. The molecule has 132 valence electrons. The molecule has 0 saturated heterocycles. The molecule has 2 aromatic rings. The van der Waals surface area contributed by atoms with Crippen LogP contribution in [0.25, 0.3) is 0 Å². The molecule has 2 aromatic carbocycles. The Hall–Kier alpha value is -2.13. The molecule has 3 heteroatoms. The highest BCUT2D eigenvalue weighted by Crippen LogP contribution is 2.56. The van der Waals surface area contributed by atoms with Crippen LogP contribution in [0.5, 0.6) is 0 Å². The van der Waals surface area contributed by atoms with Crippen LogP contribution in [0.2, 0.25) is 0 Å². The molecule has 1 aliphatic carbocycles. The fourth-order valence-corrected chi connectivity index (χ4v) is 3.50. The Morgan fingerprint density at radius 2 is 1.60 bits per heavy atom. The second kappa shape index (κ2) is 6.64. The van der Waals surface area contributed by atoms with E-state index in [9.17, 15) is 4.79 Å². The SMILES string of the molecule is CC(C)(C)NC(=O)[C@H]1[C@H](OCc2ccccc2)[C@@]1(C)c1ccccc1. The Morgan fingerprint density at radius 1 is 1.04 bits per heavy atom. The first-order chi connectivity index (χ1) is 11.8. The number of carbonyl (C=O) groups excluding carboxylic acids is 1. The Kier molecular flexibility index (Phi) is 4.70. The molecule has 25 heavy (non-hydrogen) atoms. The van der Waals surface area contributed by atoms with Crippen molar-refractivity contribution in [3.63, 3.8) is 0 Å². The van der Waals surface area contributed by atoms with Gasteiger partial charge in [-0.05, 0) is 31.9 Å². The Balaban J connectivity index is 1.79. The molecule has 0 unspecified atom stereocenters. The average Bonchev–Trinajstić information content (AvgIpc) is 3.19. The van der Waals surface area contributed by atoms with Crippen molar-refractivity contribution in [2.45, 2.75) is 51.4 Å². The van der Waals surface area contributed by atoms with Crippen LogP contribution in [-0.4, -0.2) is 17.6 Å². The summed E-state index contributed by atoms with van der Waals surface area (Å²) in [6.45, 7) is 8.67. The predicted molar refractivity (Wildman–Crippen MR) is 100 cm³/mol. The molecule has 3 rings (SSSR count). The minimum Gasteiger partial charge on any atom is -0.372 e. The maximum atomic E-state index is 12.8. The van der Waals surface area contributed by atoms with Gasteiger partial charge in [-0.3, -0.25) is 4.79 Å². The first-order valence-electron chi connectivity index (χ1n) is 8.85. The Bertz CT molecular complexity index is 721. The Morgan fingerprint density at radius 3 is 2.16 bits per heavy atom. The van der Waals surface area contributed by atoms with Crippen molar-refractivity contribution in [1.29, 1.82) is 0 Å². The number of rotatable bonds is 5. The molecular formula is C22H27NO2. The van der Waals surface area contributed by atoms with Gasteiger partial charge in [0.1, 0.15) is 0 Å². The quantitative estimate of drug-likeness (QED) is 0.893. The average molecular weight is 337 g/mol. The lowest BCUT2D eigenvalue weighted by atomic mass is 9.94. The molecule has 0 aromatic heterocycles. The van der Waals surface area contributed by atoms with E-state index in [0.29, 0.717) is 6.61 Å². The van der Waals surface area contributed by atoms with Gasteiger partial charge in [-0.2, -0.15) is 0 Å². The van der Waals surface area contributed by atoms with E-state index in [4.69, 9.17) is 4.74 Å². The highest BCUT2D eigenvalue weighted by atomic mass is 16.5. The molecule has 0 bridgehead atoms. The smallest absolute Gasteiger partial charge is 0.227 e. The van der Waals surface area contributed by atoms with E-state index in [-0.39, 0.29) is 28.9 Å². The van der Waals surface area contributed by atoms with E-state index in [1.165, 1.54) is 0 Å². The van der Waals surface area contributed by atoms with Crippen LogP contribution in [0.15, 0.2) is 60.7 Å². The van der Waals surface area contributed by atoms with Crippen LogP contribution in [0, 0.1) is 5.92 Å². The number of amides is 1. The number of nitrogens with one attached hydrogen (secondary N) is 1. The molecule has 1 amide bonds. The van der Waals surface area contributed by atoms with Gasteiger partial charge in [0.2, 0.25) is 5.91 Å². The van der Waals surface area contributed by atoms with Crippen LogP contribution in [0.4, 0.5) is 0 Å². The number of hydrogen-bond acceptors (Lipinski definition) is 2. The molecular weight excluding hydrogens is 310 g/mol. The zero-order chi connectivity index (χ0) is 18.1. The van der Waals surface area contributed by atoms with Gasteiger partial charge in [-0.15, -0.1) is 0 Å². The zero-order valence-corrected chi connectivity index (χ0v) is 15.5. The minimum absolute atomic E-state index is 0.0666. The van der Waals surface area contributed by atoms with Crippen molar-refractivity contribution < 1.29 is 9.53 Å². The van der Waals surface area contributed by atoms with Crippen LogP contribution in [0.1, 0.15) is 38.8 Å². The standard InChI is InChI=1S/C22H27NO2/c1-21(2,3)23-20(24)18-19(25-15-16-11-7-5-8-12-16)22(18,4)17-13-9-6-10-14-17/h5-14,18-19H,15H2,1-4H3,(H,23,24)/t18-,19+,22+/m1/s1. The minimum atomic E-state index is -0.286. The summed E-state index contributed by atoms with van der Waals surface area (Å²) in [5.74, 6) is -0.102. The first-order valence-corrected chi connectivity index (χ1v) is 8.85. The van der Waals surface area contributed by atoms with E-state index in [2.05, 4.69) is 24.4 Å². The second-order valence-electron chi connectivity index (χ2n) is 8.08. The maximum Gasteiger partial charge on any atom is 0.227 e. The van der Waals surface area contributed by atoms with Gasteiger partial charge in [0.15, 0.2) is 0 Å². The van der Waals surface area contributed by atoms with Crippen molar-refractivity contribution in [1.82, 2.24) is 5.32 Å². The summed E-state index contributed by atoms with van der Waals surface area (Å²) in [7, 11) is 0. The van der Waals surface area contributed by atoms with Gasteiger partial charge in [-0.1, -0.05) is 67.6 Å². The van der Waals surface area contributed by atoms with Crippen molar-refractivity contribution in [2.24, 2.45) is 5.92 Å². The lowest BCUT2D eigenvalue weighted by molar-refractivity contribution is -0.125. The molecule has 3 atom stereocenters. The monoisotopic (exact) mass is 337 g/mol. The van der Waals surface area contributed by atoms with E-state index in [1.807, 2.05) is 69.3 Å². The zero-order valence-electron chi connectivity index (χ0n) is 15.5. The number of ether oxygens (including phenoxy) is 1. The van der Waals surface area contributed by atoms with Gasteiger partial charge in [0.05, 0.1) is 18.6 Å². The molecule has 1 N–H and O–H groups in total. The number of carbonyl (C=O) groups is 1. The normalized spacial score (nSPS) is 25.4. The molecule has 0 spiro atoms. The first kappa shape index (κ1) is 17.7. The topological polar surface area (TPSA) is 38.3 Å². The highest BCUT2D eigenvalue weighted by Gasteiger charge is 2.67. The molecule has 0 radical (unpaired) electrons. The van der Waals surface area contributed by atoms with Gasteiger partial charge in [0.25, 0.3) is 0 Å². The Labute approximate surface area is 150 Å². The molecule has 3 nitrogen and oxygen atoms in total. The van der Waals surface area contributed by atoms with Crippen molar-refractivity contribution in [3.8, 4) is 0 Å². The largest absolute Gasteiger partial charge is 0.372 e. The van der Waals surface area contributed by atoms with E-state index < -0.39 is 0 Å². The number of hydrogen-bond donors (Lipinski definition) is 1. The van der Waals surface area contributed by atoms with Crippen molar-refractivity contribution in [2.75, 3.05) is 0 Å². The summed E-state index contributed by atoms with van der Waals surface area (Å²) in [5, 5.41) is 3.12. The number of benzene rings is 2. The van der Waals surface area contributed by atoms with Crippen LogP contribution in [-0.2, 0) is 21.6 Å². The molecule has 1 saturated carbocycles. The van der Waals surface area contributed by atoms with Crippen molar-refractivity contribution >= 4 is 5.91 Å². The lowest BCUT2D eigenvalue weighted by Gasteiger charge is -2.21. The third-order valence-electron chi connectivity index (χ3n) is 4.88. The second-order valence-corrected chi connectivity index (χ2v) is 8.08. The maximum absolute atomic E-state index is 12.8. The van der Waals surface area contributed by atoms with Crippen LogP contribution < -0.4 is 5.32 Å². The summed E-state index contributed by atoms with van der Waals surface area (Å²) >= 11 is 0. The summed E-state index contributed by atoms with van der Waals surface area (Å²) in [5.41, 5.74) is 1.74. The fourth-order valence-electron chi connectivity index (χ4n) is 3.50. The van der Waals surface area contributed by atoms with E-state index >= 15 is 0 Å². The van der Waals surface area contributed by atoms with Crippen LogP contribution in [0.3, 0.4) is 0 Å². The lowest BCUT2D eigenvalue weighted by Crippen LogP contribution is -2.42. The third kappa shape index (κ3) is 3.77. The molecule has 0 aliphatic heterocycles. The van der Waals surface area contributed by atoms with Gasteiger partial charge < -0.3 is 10.1 Å². The predicted octanol–water partition coefficient (Wildman–Crippen LogP) is 4.07. The fraction of sp³-hybridized carbons (Fsp3) is 0.409. The van der Waals surface area contributed by atoms with Crippen molar-refractivity contribution in [3.05, 3.63) is 71.8 Å². The summed E-state index contributed by atoms with van der Waals surface area (Å²) in [6, 6.07) is 20.3. The summed E-state index contributed by atoms with van der Waals surface area (Å²) in [4.78, 5) is 12.8. The van der Waals surface area contributed by atoms with Crippen LogP contribution >= 0.6 is 0 Å². The molecule has 1 fully saturated rings. The summed E-state index contributed by atoms with van der Waals surface area (Å²) in [6.07, 6.45) is -0.113. The molecule has 0 heterocycles. The third-order valence-corrected chi connectivity index (χ3v) is 4.88.